The Labute approximate surface area is 106 Å². The SMILES string of the molecule is CCc1ccccc1NC(=O)C(=O)NC[C@@H](C)O. The molecule has 0 radical (unpaired) electrons. The quantitative estimate of drug-likeness (QED) is 0.688. The molecule has 0 aliphatic heterocycles. The molecule has 5 heteroatoms. The number of hydrogen-bond acceptors (Lipinski definition) is 3. The van der Waals surface area contributed by atoms with Gasteiger partial charge in [-0.15, -0.1) is 0 Å². The van der Waals surface area contributed by atoms with Gasteiger partial charge in [0.25, 0.3) is 0 Å². The monoisotopic (exact) mass is 250 g/mol. The number of aliphatic hydroxyl groups excluding tert-OH is 1. The first-order chi connectivity index (χ1) is 8.54. The number of para-hydroxylation sites is 1. The molecule has 98 valence electrons. The second kappa shape index (κ2) is 6.76. The summed E-state index contributed by atoms with van der Waals surface area (Å²) in [6.07, 6.45) is 0.0934. The van der Waals surface area contributed by atoms with E-state index in [4.69, 9.17) is 5.11 Å². The lowest BCUT2D eigenvalue weighted by molar-refractivity contribution is -0.136. The van der Waals surface area contributed by atoms with Crippen LogP contribution in [0.1, 0.15) is 19.4 Å². The third-order valence-corrected chi connectivity index (χ3v) is 2.41. The summed E-state index contributed by atoms with van der Waals surface area (Å²) in [5, 5.41) is 13.9. The van der Waals surface area contributed by atoms with Crippen molar-refractivity contribution in [2.75, 3.05) is 11.9 Å². The standard InChI is InChI=1S/C13H18N2O3/c1-3-10-6-4-5-7-11(10)15-13(18)12(17)14-8-9(2)16/h4-7,9,16H,3,8H2,1-2H3,(H,14,17)(H,15,18)/t9-/m1/s1. The van der Waals surface area contributed by atoms with Crippen molar-refractivity contribution in [2.45, 2.75) is 26.4 Å². The number of benzene rings is 1. The molecule has 5 nitrogen and oxygen atoms in total. The van der Waals surface area contributed by atoms with E-state index in [1.165, 1.54) is 6.92 Å². The number of aliphatic hydroxyl groups is 1. The van der Waals surface area contributed by atoms with Crippen LogP contribution in [0.2, 0.25) is 0 Å². The second-order valence-electron chi connectivity index (χ2n) is 4.02. The second-order valence-corrected chi connectivity index (χ2v) is 4.02. The van der Waals surface area contributed by atoms with Gasteiger partial charge in [0.05, 0.1) is 6.10 Å². The number of carbonyl (C=O) groups is 2. The van der Waals surface area contributed by atoms with Crippen LogP contribution >= 0.6 is 0 Å². The van der Waals surface area contributed by atoms with Gasteiger partial charge in [-0.1, -0.05) is 25.1 Å². The molecule has 0 aliphatic rings. The van der Waals surface area contributed by atoms with Gasteiger partial charge in [-0.05, 0) is 25.0 Å². The normalized spacial score (nSPS) is 11.7. The highest BCUT2D eigenvalue weighted by Crippen LogP contribution is 2.14. The summed E-state index contributed by atoms with van der Waals surface area (Å²) in [4.78, 5) is 23.0. The van der Waals surface area contributed by atoms with Gasteiger partial charge < -0.3 is 15.7 Å². The maximum atomic E-state index is 11.6. The summed E-state index contributed by atoms with van der Waals surface area (Å²) in [6.45, 7) is 3.56. The Kier molecular flexibility index (Phi) is 5.32. The van der Waals surface area contributed by atoms with Crippen LogP contribution in [0.4, 0.5) is 5.69 Å². The van der Waals surface area contributed by atoms with Crippen molar-refractivity contribution in [3.63, 3.8) is 0 Å². The molecule has 0 spiro atoms. The van der Waals surface area contributed by atoms with Crippen LogP contribution in [0.15, 0.2) is 24.3 Å². The summed E-state index contributed by atoms with van der Waals surface area (Å²) in [7, 11) is 0. The van der Waals surface area contributed by atoms with Crippen molar-refractivity contribution < 1.29 is 14.7 Å². The Morgan fingerprint density at radius 2 is 1.94 bits per heavy atom. The minimum Gasteiger partial charge on any atom is -0.392 e. The first-order valence-electron chi connectivity index (χ1n) is 5.89. The van der Waals surface area contributed by atoms with Crippen LogP contribution in [0, 0.1) is 0 Å². The van der Waals surface area contributed by atoms with Crippen LogP contribution in [-0.2, 0) is 16.0 Å². The summed E-state index contributed by atoms with van der Waals surface area (Å²) < 4.78 is 0. The summed E-state index contributed by atoms with van der Waals surface area (Å²) in [5.41, 5.74) is 1.60. The molecule has 0 heterocycles. The van der Waals surface area contributed by atoms with Crippen molar-refractivity contribution in [1.29, 1.82) is 0 Å². The molecule has 2 amide bonds. The predicted octanol–water partition coefficient (Wildman–Crippen LogP) is 0.684. The molecule has 18 heavy (non-hydrogen) atoms. The maximum absolute atomic E-state index is 11.6. The molecule has 3 N–H and O–H groups in total. The highest BCUT2D eigenvalue weighted by atomic mass is 16.3. The Balaban J connectivity index is 2.61. The van der Waals surface area contributed by atoms with Crippen LogP contribution < -0.4 is 10.6 Å². The van der Waals surface area contributed by atoms with Crippen LogP contribution in [0.25, 0.3) is 0 Å². The number of aryl methyl sites for hydroxylation is 1. The van der Waals surface area contributed by atoms with Gasteiger partial charge in [-0.3, -0.25) is 9.59 Å². The van der Waals surface area contributed by atoms with E-state index in [1.54, 1.807) is 12.1 Å². The Hall–Kier alpha value is -1.88. The zero-order valence-electron chi connectivity index (χ0n) is 10.6. The van der Waals surface area contributed by atoms with E-state index >= 15 is 0 Å². The number of amides is 2. The lowest BCUT2D eigenvalue weighted by Crippen LogP contribution is -2.38. The van der Waals surface area contributed by atoms with Crippen molar-refractivity contribution in [3.8, 4) is 0 Å². The number of anilines is 1. The summed E-state index contributed by atoms with van der Waals surface area (Å²) >= 11 is 0. The molecule has 1 rings (SSSR count). The van der Waals surface area contributed by atoms with Crippen molar-refractivity contribution in [2.24, 2.45) is 0 Å². The first-order valence-corrected chi connectivity index (χ1v) is 5.89. The molecule has 0 saturated heterocycles. The largest absolute Gasteiger partial charge is 0.392 e. The van der Waals surface area contributed by atoms with Crippen LogP contribution in [0.3, 0.4) is 0 Å². The van der Waals surface area contributed by atoms with Crippen molar-refractivity contribution in [3.05, 3.63) is 29.8 Å². The van der Waals surface area contributed by atoms with Gasteiger partial charge in [0.2, 0.25) is 0 Å². The van der Waals surface area contributed by atoms with Crippen LogP contribution in [-0.4, -0.2) is 29.6 Å². The zero-order valence-corrected chi connectivity index (χ0v) is 10.6. The van der Waals surface area contributed by atoms with Gasteiger partial charge in [-0.2, -0.15) is 0 Å². The lowest BCUT2D eigenvalue weighted by Gasteiger charge is -2.10. The lowest BCUT2D eigenvalue weighted by atomic mass is 10.1. The topological polar surface area (TPSA) is 78.4 Å². The number of rotatable bonds is 4. The molecular weight excluding hydrogens is 232 g/mol. The van der Waals surface area contributed by atoms with E-state index in [1.807, 2.05) is 19.1 Å². The Morgan fingerprint density at radius 1 is 1.28 bits per heavy atom. The fourth-order valence-electron chi connectivity index (χ4n) is 1.45. The molecule has 1 aromatic carbocycles. The molecule has 0 saturated carbocycles. The van der Waals surface area contributed by atoms with Crippen LogP contribution in [0.5, 0.6) is 0 Å². The average molecular weight is 250 g/mol. The number of carbonyl (C=O) groups excluding carboxylic acids is 2. The van der Waals surface area contributed by atoms with Crippen molar-refractivity contribution in [1.82, 2.24) is 5.32 Å². The molecule has 0 aromatic heterocycles. The third kappa shape index (κ3) is 4.18. The molecule has 0 fully saturated rings. The molecule has 1 atom stereocenters. The van der Waals surface area contributed by atoms with E-state index in [0.717, 1.165) is 12.0 Å². The zero-order chi connectivity index (χ0) is 13.5. The Morgan fingerprint density at radius 3 is 2.56 bits per heavy atom. The number of nitrogens with one attached hydrogen (secondary N) is 2. The smallest absolute Gasteiger partial charge is 0.313 e. The third-order valence-electron chi connectivity index (χ3n) is 2.41. The fraction of sp³-hybridized carbons (Fsp3) is 0.385. The van der Waals surface area contributed by atoms with E-state index in [9.17, 15) is 9.59 Å². The summed E-state index contributed by atoms with van der Waals surface area (Å²) in [5.74, 6) is -1.47. The van der Waals surface area contributed by atoms with Gasteiger partial charge >= 0.3 is 11.8 Å². The van der Waals surface area contributed by atoms with E-state index in [2.05, 4.69) is 10.6 Å². The van der Waals surface area contributed by atoms with E-state index in [0.29, 0.717) is 5.69 Å². The van der Waals surface area contributed by atoms with Gasteiger partial charge in [0.1, 0.15) is 0 Å². The van der Waals surface area contributed by atoms with E-state index < -0.39 is 17.9 Å². The van der Waals surface area contributed by atoms with Crippen molar-refractivity contribution >= 4 is 17.5 Å². The minimum absolute atomic E-state index is 0.0572. The highest BCUT2D eigenvalue weighted by Gasteiger charge is 2.14. The van der Waals surface area contributed by atoms with Gasteiger partial charge in [0, 0.05) is 12.2 Å². The maximum Gasteiger partial charge on any atom is 0.313 e. The molecule has 0 bridgehead atoms. The number of hydrogen-bond donors (Lipinski definition) is 3. The fourth-order valence-corrected chi connectivity index (χ4v) is 1.45. The summed E-state index contributed by atoms with van der Waals surface area (Å²) in [6, 6.07) is 7.31. The Bertz CT molecular complexity index is 430. The minimum atomic E-state index is -0.748. The molecule has 1 aromatic rings. The molecule has 0 unspecified atom stereocenters. The van der Waals surface area contributed by atoms with Gasteiger partial charge in [0.15, 0.2) is 0 Å². The predicted molar refractivity (Wildman–Crippen MR) is 69.1 cm³/mol. The highest BCUT2D eigenvalue weighted by molar-refractivity contribution is 6.39. The molecular formula is C13H18N2O3. The van der Waals surface area contributed by atoms with Gasteiger partial charge in [-0.25, -0.2) is 0 Å². The molecule has 0 aliphatic carbocycles. The average Bonchev–Trinajstić information content (AvgIpc) is 2.36. The first kappa shape index (κ1) is 14.2. The van der Waals surface area contributed by atoms with E-state index in [-0.39, 0.29) is 6.54 Å².